The van der Waals surface area contributed by atoms with Crippen molar-refractivity contribution >= 4 is 28.4 Å². The van der Waals surface area contributed by atoms with Crippen LogP contribution in [0.15, 0.2) is 53.3 Å². The van der Waals surface area contributed by atoms with Gasteiger partial charge in [0.1, 0.15) is 5.82 Å². The van der Waals surface area contributed by atoms with Crippen molar-refractivity contribution in [3.8, 4) is 0 Å². The summed E-state index contributed by atoms with van der Waals surface area (Å²) in [6, 6.07) is 14.0. The molecule has 1 aliphatic rings. The van der Waals surface area contributed by atoms with Gasteiger partial charge in [0, 0.05) is 23.7 Å². The highest BCUT2D eigenvalue weighted by Crippen LogP contribution is 2.30. The van der Waals surface area contributed by atoms with Gasteiger partial charge in [0.15, 0.2) is 0 Å². The zero-order chi connectivity index (χ0) is 20.4. The molecule has 29 heavy (non-hydrogen) atoms. The van der Waals surface area contributed by atoms with Gasteiger partial charge < -0.3 is 15.2 Å². The highest BCUT2D eigenvalue weighted by molar-refractivity contribution is 5.98. The standard InChI is InChI=1S/C22H22N4O3/c1-2-26(13-19-24-18-9-4-3-8-17(18)21(28)25-19)22(29)15-6-5-7-16(12-15)23-20(27)14-10-11-14/h3-9,12,14H,2,10-11,13H2,1H3,(H,23,27)(H,24,25,28). The molecule has 1 saturated carbocycles. The largest absolute Gasteiger partial charge is 0.331 e. The number of fused-ring (bicyclic) bond motifs is 1. The number of carbonyl (C=O) groups excluding carboxylic acids is 2. The summed E-state index contributed by atoms with van der Waals surface area (Å²) in [5.41, 5.74) is 1.46. The van der Waals surface area contributed by atoms with Crippen LogP contribution in [0.25, 0.3) is 10.9 Å². The molecule has 7 nitrogen and oxygen atoms in total. The molecule has 2 N–H and O–H groups in total. The number of rotatable bonds is 6. The number of carbonyl (C=O) groups is 2. The Bertz CT molecular complexity index is 1130. The number of amides is 2. The van der Waals surface area contributed by atoms with E-state index in [1.807, 2.05) is 13.0 Å². The summed E-state index contributed by atoms with van der Waals surface area (Å²) in [6.07, 6.45) is 1.84. The minimum atomic E-state index is -0.223. The minimum Gasteiger partial charge on any atom is -0.331 e. The molecule has 0 saturated heterocycles. The summed E-state index contributed by atoms with van der Waals surface area (Å²) in [4.78, 5) is 46.1. The van der Waals surface area contributed by atoms with Gasteiger partial charge in [-0.15, -0.1) is 0 Å². The highest BCUT2D eigenvalue weighted by atomic mass is 16.2. The Morgan fingerprint density at radius 1 is 1.17 bits per heavy atom. The average molecular weight is 390 g/mol. The first-order valence-corrected chi connectivity index (χ1v) is 9.73. The molecule has 7 heteroatoms. The number of hydrogen-bond acceptors (Lipinski definition) is 4. The second-order valence-corrected chi connectivity index (χ2v) is 7.19. The molecule has 2 aromatic carbocycles. The van der Waals surface area contributed by atoms with Crippen LogP contribution < -0.4 is 10.9 Å². The van der Waals surface area contributed by atoms with Gasteiger partial charge in [0.05, 0.1) is 17.4 Å². The Labute approximate surface area is 167 Å². The minimum absolute atomic E-state index is 0.000106. The number of hydrogen-bond donors (Lipinski definition) is 2. The van der Waals surface area contributed by atoms with Crippen molar-refractivity contribution in [3.05, 3.63) is 70.3 Å². The van der Waals surface area contributed by atoms with Crippen molar-refractivity contribution in [3.63, 3.8) is 0 Å². The van der Waals surface area contributed by atoms with Crippen LogP contribution in [0.5, 0.6) is 0 Å². The third kappa shape index (κ3) is 4.18. The fourth-order valence-corrected chi connectivity index (χ4v) is 3.22. The normalized spacial score (nSPS) is 13.3. The molecule has 0 radical (unpaired) electrons. The lowest BCUT2D eigenvalue weighted by Gasteiger charge is -2.21. The van der Waals surface area contributed by atoms with E-state index in [2.05, 4.69) is 15.3 Å². The van der Waals surface area contributed by atoms with Crippen molar-refractivity contribution in [1.29, 1.82) is 0 Å². The third-order valence-electron chi connectivity index (χ3n) is 5.00. The number of benzene rings is 2. The molecule has 1 aliphatic carbocycles. The lowest BCUT2D eigenvalue weighted by atomic mass is 10.1. The van der Waals surface area contributed by atoms with Gasteiger partial charge >= 0.3 is 0 Å². The molecule has 0 atom stereocenters. The molecule has 0 bridgehead atoms. The molecule has 3 aromatic rings. The van der Waals surface area contributed by atoms with Gasteiger partial charge in [0.25, 0.3) is 11.5 Å². The maximum atomic E-state index is 13.0. The van der Waals surface area contributed by atoms with Crippen LogP contribution in [0.2, 0.25) is 0 Å². The number of nitrogens with one attached hydrogen (secondary N) is 2. The Morgan fingerprint density at radius 3 is 2.72 bits per heavy atom. The van der Waals surface area contributed by atoms with Gasteiger partial charge in [-0.1, -0.05) is 18.2 Å². The fourth-order valence-electron chi connectivity index (χ4n) is 3.22. The van der Waals surface area contributed by atoms with Crippen LogP contribution in [-0.2, 0) is 11.3 Å². The second-order valence-electron chi connectivity index (χ2n) is 7.19. The molecule has 2 amide bonds. The van der Waals surface area contributed by atoms with Crippen LogP contribution in [0.1, 0.15) is 35.9 Å². The Hall–Kier alpha value is -3.48. The van der Waals surface area contributed by atoms with Crippen LogP contribution in [0, 0.1) is 5.92 Å². The lowest BCUT2D eigenvalue weighted by molar-refractivity contribution is -0.117. The molecular weight excluding hydrogens is 368 g/mol. The van der Waals surface area contributed by atoms with E-state index in [4.69, 9.17) is 0 Å². The number of nitrogens with zero attached hydrogens (tertiary/aromatic N) is 2. The zero-order valence-electron chi connectivity index (χ0n) is 16.1. The lowest BCUT2D eigenvalue weighted by Crippen LogP contribution is -2.32. The predicted molar refractivity (Wildman–Crippen MR) is 111 cm³/mol. The quantitative estimate of drug-likeness (QED) is 0.676. The van der Waals surface area contributed by atoms with E-state index in [1.54, 1.807) is 47.4 Å². The monoisotopic (exact) mass is 390 g/mol. The summed E-state index contributed by atoms with van der Waals surface area (Å²) in [7, 11) is 0. The topological polar surface area (TPSA) is 95.2 Å². The summed E-state index contributed by atoms with van der Waals surface area (Å²) in [5, 5.41) is 3.38. The number of para-hydroxylation sites is 1. The average Bonchev–Trinajstić information content (AvgIpc) is 3.57. The molecule has 0 spiro atoms. The number of aromatic nitrogens is 2. The van der Waals surface area contributed by atoms with E-state index in [9.17, 15) is 14.4 Å². The predicted octanol–water partition coefficient (Wildman–Crippen LogP) is 2.93. The van der Waals surface area contributed by atoms with Crippen LogP contribution in [0.3, 0.4) is 0 Å². The van der Waals surface area contributed by atoms with Gasteiger partial charge in [-0.25, -0.2) is 4.98 Å². The molecular formula is C22H22N4O3. The SMILES string of the molecule is CCN(Cc1nc2ccccc2c(=O)[nH]1)C(=O)c1cccc(NC(=O)C2CC2)c1. The fraction of sp³-hybridized carbons (Fsp3) is 0.273. The maximum absolute atomic E-state index is 13.0. The van der Waals surface area contributed by atoms with Crippen molar-refractivity contribution in [2.24, 2.45) is 5.92 Å². The molecule has 1 heterocycles. The van der Waals surface area contributed by atoms with Crippen molar-refractivity contribution in [2.75, 3.05) is 11.9 Å². The molecule has 1 fully saturated rings. The Balaban J connectivity index is 1.54. The van der Waals surface area contributed by atoms with E-state index < -0.39 is 0 Å². The third-order valence-corrected chi connectivity index (χ3v) is 5.00. The highest BCUT2D eigenvalue weighted by Gasteiger charge is 2.29. The smallest absolute Gasteiger partial charge is 0.258 e. The van der Waals surface area contributed by atoms with Gasteiger partial charge in [-0.3, -0.25) is 14.4 Å². The van der Waals surface area contributed by atoms with Crippen LogP contribution >= 0.6 is 0 Å². The summed E-state index contributed by atoms with van der Waals surface area (Å²) in [6.45, 7) is 2.51. The van der Waals surface area contributed by atoms with E-state index >= 15 is 0 Å². The van der Waals surface area contributed by atoms with E-state index in [0.717, 1.165) is 12.8 Å². The van der Waals surface area contributed by atoms with E-state index in [1.165, 1.54) is 0 Å². The van der Waals surface area contributed by atoms with Crippen LogP contribution in [-0.4, -0.2) is 33.2 Å². The Kier molecular flexibility index (Phi) is 5.12. The molecule has 148 valence electrons. The first kappa shape index (κ1) is 18.9. The van der Waals surface area contributed by atoms with Crippen molar-refractivity contribution in [2.45, 2.75) is 26.3 Å². The molecule has 0 unspecified atom stereocenters. The first-order valence-electron chi connectivity index (χ1n) is 9.73. The Morgan fingerprint density at radius 2 is 1.97 bits per heavy atom. The van der Waals surface area contributed by atoms with E-state index in [-0.39, 0.29) is 29.8 Å². The summed E-state index contributed by atoms with van der Waals surface area (Å²) >= 11 is 0. The summed E-state index contributed by atoms with van der Waals surface area (Å²) in [5.74, 6) is 0.338. The zero-order valence-corrected chi connectivity index (χ0v) is 16.1. The molecule has 4 rings (SSSR count). The maximum Gasteiger partial charge on any atom is 0.258 e. The van der Waals surface area contributed by atoms with Crippen LogP contribution in [0.4, 0.5) is 5.69 Å². The molecule has 0 aliphatic heterocycles. The van der Waals surface area contributed by atoms with Gasteiger partial charge in [-0.2, -0.15) is 0 Å². The van der Waals surface area contributed by atoms with Crippen molar-refractivity contribution < 1.29 is 9.59 Å². The van der Waals surface area contributed by atoms with Gasteiger partial charge in [-0.05, 0) is 50.1 Å². The summed E-state index contributed by atoms with van der Waals surface area (Å²) < 4.78 is 0. The number of anilines is 1. The van der Waals surface area contributed by atoms with Crippen molar-refractivity contribution in [1.82, 2.24) is 14.9 Å². The second kappa shape index (κ2) is 7.87. The van der Waals surface area contributed by atoms with Gasteiger partial charge in [0.2, 0.25) is 5.91 Å². The van der Waals surface area contributed by atoms with E-state index in [0.29, 0.717) is 34.5 Å². The first-order chi connectivity index (χ1) is 14.0. The number of H-pyrrole nitrogens is 1. The molecule has 1 aromatic heterocycles. The number of aromatic amines is 1.